The Kier molecular flexibility index (Phi) is 2.37. The van der Waals surface area contributed by atoms with Crippen molar-refractivity contribution in [2.75, 3.05) is 13.2 Å². The summed E-state index contributed by atoms with van der Waals surface area (Å²) in [5.41, 5.74) is 2.52. The number of hydrogen-bond acceptors (Lipinski definition) is 3. The monoisotopic (exact) mass is 214 g/mol. The molecule has 0 spiro atoms. The highest BCUT2D eigenvalue weighted by atomic mass is 16.5. The van der Waals surface area contributed by atoms with Gasteiger partial charge in [-0.2, -0.15) is 0 Å². The second-order valence-corrected chi connectivity index (χ2v) is 4.19. The van der Waals surface area contributed by atoms with E-state index < -0.39 is 0 Å². The van der Waals surface area contributed by atoms with E-state index in [0.29, 0.717) is 12.6 Å². The minimum absolute atomic E-state index is 0.445. The molecule has 2 heterocycles. The molecular weight excluding hydrogens is 200 g/mol. The first kappa shape index (κ1) is 9.46. The van der Waals surface area contributed by atoms with E-state index in [2.05, 4.69) is 22.5 Å². The molecule has 0 saturated heterocycles. The standard InChI is InChI=1S/C13H14N2O/c1-2-4-13-11(3-1)5-10(8-16-13)6-12-7-14-9-15-12/h1-5,9,12H,6-8H2,(H,14,15)/t12-/m0/s1. The Hall–Kier alpha value is -1.77. The lowest BCUT2D eigenvalue weighted by molar-refractivity contribution is 0.339. The quantitative estimate of drug-likeness (QED) is 0.815. The molecule has 0 aliphatic carbocycles. The molecule has 0 aromatic heterocycles. The number of ether oxygens (including phenoxy) is 1. The van der Waals surface area contributed by atoms with Crippen LogP contribution in [0.4, 0.5) is 0 Å². The average Bonchev–Trinajstić information content (AvgIpc) is 2.82. The van der Waals surface area contributed by atoms with Crippen molar-refractivity contribution in [3.63, 3.8) is 0 Å². The molecule has 0 fully saturated rings. The van der Waals surface area contributed by atoms with Crippen LogP contribution in [-0.4, -0.2) is 25.5 Å². The second kappa shape index (κ2) is 4.00. The lowest BCUT2D eigenvalue weighted by atomic mass is 10.0. The number of nitrogens with zero attached hydrogens (tertiary/aromatic N) is 1. The summed E-state index contributed by atoms with van der Waals surface area (Å²) in [6, 6.07) is 8.59. The lowest BCUT2D eigenvalue weighted by Crippen LogP contribution is -2.26. The Balaban J connectivity index is 1.76. The van der Waals surface area contributed by atoms with Gasteiger partial charge in [-0.05, 0) is 24.1 Å². The van der Waals surface area contributed by atoms with Gasteiger partial charge in [0.05, 0.1) is 18.9 Å². The largest absolute Gasteiger partial charge is 0.489 e. The smallest absolute Gasteiger partial charge is 0.127 e. The number of para-hydroxylation sites is 1. The van der Waals surface area contributed by atoms with Gasteiger partial charge < -0.3 is 10.1 Å². The van der Waals surface area contributed by atoms with Crippen LogP contribution in [0.3, 0.4) is 0 Å². The summed E-state index contributed by atoms with van der Waals surface area (Å²) in [4.78, 5) is 4.17. The average molecular weight is 214 g/mol. The van der Waals surface area contributed by atoms with E-state index >= 15 is 0 Å². The van der Waals surface area contributed by atoms with E-state index in [1.54, 1.807) is 6.34 Å². The minimum atomic E-state index is 0.445. The Morgan fingerprint density at radius 2 is 2.31 bits per heavy atom. The maximum Gasteiger partial charge on any atom is 0.127 e. The van der Waals surface area contributed by atoms with Crippen molar-refractivity contribution in [1.82, 2.24) is 5.32 Å². The SMILES string of the molecule is C1=NC[C@H](CC2=Cc3ccccc3OC2)N1. The van der Waals surface area contributed by atoms with Gasteiger partial charge in [0.15, 0.2) is 0 Å². The third-order valence-electron chi connectivity index (χ3n) is 2.93. The van der Waals surface area contributed by atoms with E-state index in [9.17, 15) is 0 Å². The highest BCUT2D eigenvalue weighted by molar-refractivity contribution is 5.63. The van der Waals surface area contributed by atoms with Crippen molar-refractivity contribution < 1.29 is 4.74 Å². The van der Waals surface area contributed by atoms with Crippen molar-refractivity contribution in [1.29, 1.82) is 0 Å². The van der Waals surface area contributed by atoms with Crippen LogP contribution in [-0.2, 0) is 0 Å². The van der Waals surface area contributed by atoms with Crippen LogP contribution in [0, 0.1) is 0 Å². The summed E-state index contributed by atoms with van der Waals surface area (Å²) in [6.45, 7) is 1.58. The molecule has 0 unspecified atom stereocenters. The topological polar surface area (TPSA) is 33.6 Å². The summed E-state index contributed by atoms with van der Waals surface area (Å²) in [5, 5.41) is 3.24. The number of hydrogen-bond donors (Lipinski definition) is 1. The van der Waals surface area contributed by atoms with E-state index in [1.807, 2.05) is 18.2 Å². The predicted molar refractivity (Wildman–Crippen MR) is 64.8 cm³/mol. The first-order valence-corrected chi connectivity index (χ1v) is 5.57. The van der Waals surface area contributed by atoms with Crippen molar-refractivity contribution >= 4 is 12.4 Å². The highest BCUT2D eigenvalue weighted by Crippen LogP contribution is 2.27. The van der Waals surface area contributed by atoms with Crippen molar-refractivity contribution in [3.8, 4) is 5.75 Å². The van der Waals surface area contributed by atoms with Crippen molar-refractivity contribution in [3.05, 3.63) is 35.4 Å². The summed E-state index contributed by atoms with van der Waals surface area (Å²) in [7, 11) is 0. The summed E-state index contributed by atoms with van der Waals surface area (Å²) in [6.07, 6.45) is 5.04. The number of fused-ring (bicyclic) bond motifs is 1. The fourth-order valence-corrected chi connectivity index (χ4v) is 2.11. The normalized spacial score (nSPS) is 22.0. The zero-order chi connectivity index (χ0) is 10.8. The number of rotatable bonds is 2. The third-order valence-corrected chi connectivity index (χ3v) is 2.93. The molecule has 0 saturated carbocycles. The molecule has 0 bridgehead atoms. The van der Waals surface area contributed by atoms with Gasteiger partial charge in [0, 0.05) is 5.56 Å². The zero-order valence-electron chi connectivity index (χ0n) is 9.02. The Bertz CT molecular complexity index is 443. The molecule has 16 heavy (non-hydrogen) atoms. The van der Waals surface area contributed by atoms with E-state index in [-0.39, 0.29) is 0 Å². The number of nitrogens with one attached hydrogen (secondary N) is 1. The van der Waals surface area contributed by atoms with Crippen LogP contribution in [0.25, 0.3) is 6.08 Å². The van der Waals surface area contributed by atoms with Gasteiger partial charge in [0.1, 0.15) is 12.4 Å². The molecule has 82 valence electrons. The van der Waals surface area contributed by atoms with E-state index in [1.165, 1.54) is 11.1 Å². The number of aliphatic imine (C=N–C) groups is 1. The fraction of sp³-hybridized carbons (Fsp3) is 0.308. The van der Waals surface area contributed by atoms with E-state index in [0.717, 1.165) is 18.7 Å². The van der Waals surface area contributed by atoms with Crippen LogP contribution >= 0.6 is 0 Å². The third kappa shape index (κ3) is 1.81. The molecule has 3 nitrogen and oxygen atoms in total. The Labute approximate surface area is 94.8 Å². The molecule has 0 radical (unpaired) electrons. The molecule has 2 aliphatic rings. The van der Waals surface area contributed by atoms with Gasteiger partial charge in [0.25, 0.3) is 0 Å². The molecule has 2 aliphatic heterocycles. The first-order valence-electron chi connectivity index (χ1n) is 5.57. The zero-order valence-corrected chi connectivity index (χ0v) is 9.02. The summed E-state index contributed by atoms with van der Waals surface area (Å²) in [5.74, 6) is 0.988. The summed E-state index contributed by atoms with van der Waals surface area (Å²) >= 11 is 0. The highest BCUT2D eigenvalue weighted by Gasteiger charge is 2.16. The maximum absolute atomic E-state index is 5.71. The molecular formula is C13H14N2O. The molecule has 0 amide bonds. The molecule has 3 rings (SSSR count). The van der Waals surface area contributed by atoms with Gasteiger partial charge >= 0.3 is 0 Å². The maximum atomic E-state index is 5.71. The summed E-state index contributed by atoms with van der Waals surface area (Å²) < 4.78 is 5.71. The van der Waals surface area contributed by atoms with Gasteiger partial charge in [-0.3, -0.25) is 4.99 Å². The fourth-order valence-electron chi connectivity index (χ4n) is 2.11. The first-order chi connectivity index (χ1) is 7.92. The number of benzene rings is 1. The Morgan fingerprint density at radius 1 is 1.38 bits per heavy atom. The molecule has 1 atom stereocenters. The minimum Gasteiger partial charge on any atom is -0.489 e. The second-order valence-electron chi connectivity index (χ2n) is 4.19. The van der Waals surface area contributed by atoms with Crippen molar-refractivity contribution in [2.45, 2.75) is 12.5 Å². The lowest BCUT2D eigenvalue weighted by Gasteiger charge is -2.19. The molecule has 1 N–H and O–H groups in total. The van der Waals surface area contributed by atoms with Gasteiger partial charge in [0.2, 0.25) is 0 Å². The van der Waals surface area contributed by atoms with E-state index in [4.69, 9.17) is 4.74 Å². The van der Waals surface area contributed by atoms with Gasteiger partial charge in [-0.25, -0.2) is 0 Å². The van der Waals surface area contributed by atoms with Crippen LogP contribution in [0.1, 0.15) is 12.0 Å². The molecule has 1 aromatic carbocycles. The molecule has 1 aromatic rings. The van der Waals surface area contributed by atoms with Gasteiger partial charge in [-0.1, -0.05) is 18.2 Å². The predicted octanol–water partition coefficient (Wildman–Crippen LogP) is 1.85. The molecule has 3 heteroatoms. The van der Waals surface area contributed by atoms with Crippen LogP contribution in [0.15, 0.2) is 34.8 Å². The van der Waals surface area contributed by atoms with Crippen LogP contribution in [0.5, 0.6) is 5.75 Å². The van der Waals surface area contributed by atoms with Crippen LogP contribution in [0.2, 0.25) is 0 Å². The van der Waals surface area contributed by atoms with Crippen LogP contribution < -0.4 is 10.1 Å². The van der Waals surface area contributed by atoms with Crippen molar-refractivity contribution in [2.24, 2.45) is 4.99 Å². The Morgan fingerprint density at radius 3 is 3.19 bits per heavy atom. The van der Waals surface area contributed by atoms with Gasteiger partial charge in [-0.15, -0.1) is 0 Å².